The Balaban J connectivity index is 1.49. The third-order valence-electron chi connectivity index (χ3n) is 6.16. The van der Waals surface area contributed by atoms with Gasteiger partial charge < -0.3 is 24.8 Å². The molecule has 0 saturated heterocycles. The van der Waals surface area contributed by atoms with Gasteiger partial charge >= 0.3 is 0 Å². The van der Waals surface area contributed by atoms with Gasteiger partial charge in [0.15, 0.2) is 11.5 Å². The third-order valence-corrected chi connectivity index (χ3v) is 6.16. The molecule has 3 aromatic carbocycles. The van der Waals surface area contributed by atoms with E-state index in [1.165, 1.54) is 25.0 Å². The molecule has 38 heavy (non-hydrogen) atoms. The average Bonchev–Trinajstić information content (AvgIpc) is 3.40. The summed E-state index contributed by atoms with van der Waals surface area (Å²) >= 11 is 0. The van der Waals surface area contributed by atoms with Crippen LogP contribution in [0, 0.1) is 5.82 Å². The van der Waals surface area contributed by atoms with E-state index in [9.17, 15) is 9.18 Å². The van der Waals surface area contributed by atoms with Crippen molar-refractivity contribution < 1.29 is 23.4 Å². The summed E-state index contributed by atoms with van der Waals surface area (Å²) < 4.78 is 32.4. The number of nitrogens with zero attached hydrogens (tertiary/aromatic N) is 4. The molecule has 2 N–H and O–H groups in total. The van der Waals surface area contributed by atoms with Crippen LogP contribution in [0.4, 0.5) is 16.0 Å². The van der Waals surface area contributed by atoms with Crippen LogP contribution in [0.1, 0.15) is 24.1 Å². The standard InChI is InChI=1S/C27H25FN6O4/c1-16-24(26(35)30-20-10-6-7-11-21(20)36-2)25(34-27(29-16)31-32-33-34)17-12-13-22(23(14-17)37-3)38-15-18-8-4-5-9-19(18)28/h4-14,25H,15H2,1-3H3,(H,30,35)(H,29,31,33). The van der Waals surface area contributed by atoms with Crippen LogP contribution in [0.2, 0.25) is 0 Å². The predicted octanol–water partition coefficient (Wildman–Crippen LogP) is 4.34. The fraction of sp³-hybridized carbons (Fsp3) is 0.185. The van der Waals surface area contributed by atoms with Gasteiger partial charge in [-0.2, -0.15) is 4.68 Å². The molecule has 1 aromatic heterocycles. The highest BCUT2D eigenvalue weighted by Crippen LogP contribution is 2.39. The molecule has 0 bridgehead atoms. The van der Waals surface area contributed by atoms with Crippen molar-refractivity contribution in [3.8, 4) is 17.2 Å². The van der Waals surface area contributed by atoms with Crippen LogP contribution in [0.5, 0.6) is 17.2 Å². The number of hydrogen-bond acceptors (Lipinski definition) is 8. The SMILES string of the molecule is COc1ccccc1NC(=O)C1=C(C)Nc2nnnn2C1c1ccc(OCc2ccccc2F)c(OC)c1. The number of benzene rings is 3. The number of anilines is 2. The second kappa shape index (κ2) is 10.6. The van der Waals surface area contributed by atoms with Gasteiger partial charge in [-0.05, 0) is 53.2 Å². The van der Waals surface area contributed by atoms with Gasteiger partial charge in [0.1, 0.15) is 24.2 Å². The number of amides is 1. The quantitative estimate of drug-likeness (QED) is 0.356. The lowest BCUT2D eigenvalue weighted by molar-refractivity contribution is -0.113. The summed E-state index contributed by atoms with van der Waals surface area (Å²) in [5.74, 6) is 1.04. The molecule has 2 heterocycles. The molecule has 4 aromatic rings. The number of ether oxygens (including phenoxy) is 3. The number of halogens is 1. The zero-order chi connectivity index (χ0) is 26.6. The topological polar surface area (TPSA) is 112 Å². The van der Waals surface area contributed by atoms with Crippen molar-refractivity contribution in [1.82, 2.24) is 20.2 Å². The minimum atomic E-state index is -0.675. The molecule has 11 heteroatoms. The van der Waals surface area contributed by atoms with E-state index in [0.717, 1.165) is 0 Å². The maximum Gasteiger partial charge on any atom is 0.255 e. The Bertz CT molecular complexity index is 1520. The number of nitrogens with one attached hydrogen (secondary N) is 2. The summed E-state index contributed by atoms with van der Waals surface area (Å²) in [6.07, 6.45) is 0. The second-order valence-electron chi connectivity index (χ2n) is 8.46. The number of tetrazole rings is 1. The number of aromatic nitrogens is 4. The Labute approximate surface area is 218 Å². The molecule has 0 fully saturated rings. The molecule has 10 nitrogen and oxygen atoms in total. The lowest BCUT2D eigenvalue weighted by Gasteiger charge is -2.28. The van der Waals surface area contributed by atoms with Gasteiger partial charge in [0, 0.05) is 11.3 Å². The molecular formula is C27H25FN6O4. The fourth-order valence-electron chi connectivity index (χ4n) is 4.30. The van der Waals surface area contributed by atoms with Gasteiger partial charge in [-0.3, -0.25) is 4.79 Å². The predicted molar refractivity (Wildman–Crippen MR) is 138 cm³/mol. The molecule has 0 saturated carbocycles. The van der Waals surface area contributed by atoms with Gasteiger partial charge in [-0.15, -0.1) is 0 Å². The summed E-state index contributed by atoms with van der Waals surface area (Å²) in [4.78, 5) is 13.6. The molecule has 0 radical (unpaired) electrons. The summed E-state index contributed by atoms with van der Waals surface area (Å²) in [6.45, 7) is 1.81. The fourth-order valence-corrected chi connectivity index (χ4v) is 4.30. The first-order valence-corrected chi connectivity index (χ1v) is 11.7. The van der Waals surface area contributed by atoms with Crippen molar-refractivity contribution in [2.24, 2.45) is 0 Å². The van der Waals surface area contributed by atoms with Crippen LogP contribution in [0.25, 0.3) is 0 Å². The van der Waals surface area contributed by atoms with E-state index in [1.807, 2.05) is 6.07 Å². The molecule has 1 unspecified atom stereocenters. The lowest BCUT2D eigenvalue weighted by Crippen LogP contribution is -2.31. The van der Waals surface area contributed by atoms with E-state index in [1.54, 1.807) is 61.5 Å². The monoisotopic (exact) mass is 516 g/mol. The summed E-state index contributed by atoms with van der Waals surface area (Å²) in [7, 11) is 3.05. The van der Waals surface area contributed by atoms with Crippen LogP contribution in [-0.2, 0) is 11.4 Å². The van der Waals surface area contributed by atoms with Crippen LogP contribution >= 0.6 is 0 Å². The normalized spacial score (nSPS) is 14.4. The molecule has 194 valence electrons. The first kappa shape index (κ1) is 24.8. The van der Waals surface area contributed by atoms with Gasteiger partial charge in [-0.25, -0.2) is 4.39 Å². The molecule has 1 aliphatic rings. The largest absolute Gasteiger partial charge is 0.495 e. The van der Waals surface area contributed by atoms with Crippen molar-refractivity contribution >= 4 is 17.5 Å². The highest BCUT2D eigenvalue weighted by molar-refractivity contribution is 6.06. The molecule has 1 amide bonds. The van der Waals surface area contributed by atoms with Crippen molar-refractivity contribution in [3.63, 3.8) is 0 Å². The van der Waals surface area contributed by atoms with E-state index in [-0.39, 0.29) is 18.3 Å². The lowest BCUT2D eigenvalue weighted by atomic mass is 9.94. The Kier molecular flexibility index (Phi) is 6.90. The zero-order valence-electron chi connectivity index (χ0n) is 20.9. The number of carbonyl (C=O) groups excluding carboxylic acids is 1. The number of hydrogen-bond donors (Lipinski definition) is 2. The smallest absolute Gasteiger partial charge is 0.255 e. The maximum absolute atomic E-state index is 14.1. The van der Waals surface area contributed by atoms with Crippen molar-refractivity contribution in [2.75, 3.05) is 24.9 Å². The van der Waals surface area contributed by atoms with Crippen LogP contribution in [0.3, 0.4) is 0 Å². The Morgan fingerprint density at radius 1 is 1.03 bits per heavy atom. The van der Waals surface area contributed by atoms with Crippen molar-refractivity contribution in [2.45, 2.75) is 19.6 Å². The van der Waals surface area contributed by atoms with E-state index >= 15 is 0 Å². The van der Waals surface area contributed by atoms with Crippen LogP contribution in [0.15, 0.2) is 78.0 Å². The van der Waals surface area contributed by atoms with Crippen molar-refractivity contribution in [1.29, 1.82) is 0 Å². The minimum absolute atomic E-state index is 0.0262. The average molecular weight is 517 g/mol. The van der Waals surface area contributed by atoms with E-state index < -0.39 is 6.04 Å². The van der Waals surface area contributed by atoms with E-state index in [0.29, 0.717) is 51.3 Å². The highest BCUT2D eigenvalue weighted by Gasteiger charge is 2.35. The van der Waals surface area contributed by atoms with Gasteiger partial charge in [0.25, 0.3) is 5.91 Å². The first-order chi connectivity index (χ1) is 18.5. The Morgan fingerprint density at radius 3 is 2.58 bits per heavy atom. The third kappa shape index (κ3) is 4.73. The van der Waals surface area contributed by atoms with E-state index in [4.69, 9.17) is 14.2 Å². The number of carbonyl (C=O) groups is 1. The zero-order valence-corrected chi connectivity index (χ0v) is 20.9. The summed E-state index contributed by atoms with van der Waals surface area (Å²) in [5, 5.41) is 18.0. The van der Waals surface area contributed by atoms with Gasteiger partial charge in [0.05, 0.1) is 25.5 Å². The summed E-state index contributed by atoms with van der Waals surface area (Å²) in [5.41, 5.74) is 2.61. The Hall–Kier alpha value is -4.93. The van der Waals surface area contributed by atoms with E-state index in [2.05, 4.69) is 26.2 Å². The number of rotatable bonds is 8. The molecule has 1 atom stereocenters. The molecule has 0 spiro atoms. The summed E-state index contributed by atoms with van der Waals surface area (Å²) in [6, 6.07) is 18.1. The van der Waals surface area contributed by atoms with Crippen molar-refractivity contribution in [3.05, 3.63) is 94.9 Å². The number of fused-ring (bicyclic) bond motifs is 1. The number of methoxy groups -OCH3 is 2. The molecule has 1 aliphatic heterocycles. The number of allylic oxidation sites excluding steroid dienone is 1. The molecular weight excluding hydrogens is 491 g/mol. The first-order valence-electron chi connectivity index (χ1n) is 11.7. The molecule has 0 aliphatic carbocycles. The van der Waals surface area contributed by atoms with Crippen LogP contribution in [-0.4, -0.2) is 40.3 Å². The molecule has 5 rings (SSSR count). The van der Waals surface area contributed by atoms with Gasteiger partial charge in [-0.1, -0.05) is 41.5 Å². The Morgan fingerprint density at radius 2 is 1.79 bits per heavy atom. The highest BCUT2D eigenvalue weighted by atomic mass is 19.1. The van der Waals surface area contributed by atoms with Gasteiger partial charge in [0.2, 0.25) is 5.95 Å². The minimum Gasteiger partial charge on any atom is -0.495 e. The number of para-hydroxylation sites is 2. The van der Waals surface area contributed by atoms with Crippen LogP contribution < -0.4 is 24.8 Å². The maximum atomic E-state index is 14.1. The second-order valence-corrected chi connectivity index (χ2v) is 8.46.